The molecule has 4 fully saturated rings. The Kier molecular flexibility index (Phi) is 4.36. The fourth-order valence-electron chi connectivity index (χ4n) is 8.83. The maximum absolute atomic E-state index is 3.55. The Bertz CT molecular complexity index is 1420. The lowest BCUT2D eigenvalue weighted by Gasteiger charge is -2.61. The molecule has 172 valence electrons. The van der Waals surface area contributed by atoms with E-state index in [1.54, 1.807) is 11.1 Å². The first-order chi connectivity index (χ1) is 17.2. The number of rotatable bonds is 2. The molecule has 0 radical (unpaired) electrons. The summed E-state index contributed by atoms with van der Waals surface area (Å²) in [6.07, 6.45) is 7.25. The Morgan fingerprint density at radius 1 is 0.514 bits per heavy atom. The lowest BCUT2D eigenvalue weighted by atomic mass is 9.43. The summed E-state index contributed by atoms with van der Waals surface area (Å²) in [6, 6.07) is 34.6. The van der Waals surface area contributed by atoms with E-state index in [0.29, 0.717) is 0 Å². The van der Waals surface area contributed by atoms with Crippen LogP contribution in [0.25, 0.3) is 33.4 Å². The molecule has 1 spiro atoms. The van der Waals surface area contributed by atoms with E-state index in [0.717, 1.165) is 28.1 Å². The highest BCUT2D eigenvalue weighted by atomic mass is 79.9. The Balaban J connectivity index is 1.25. The van der Waals surface area contributed by atoms with Gasteiger partial charge < -0.3 is 0 Å². The van der Waals surface area contributed by atoms with Crippen LogP contribution in [0.4, 0.5) is 0 Å². The molecular weight excluding hydrogens is 488 g/mol. The Labute approximate surface area is 216 Å². The molecule has 0 aliphatic heterocycles. The third-order valence-electron chi connectivity index (χ3n) is 9.95. The highest BCUT2D eigenvalue weighted by Crippen LogP contribution is 2.69. The molecule has 0 heterocycles. The first-order valence-electron chi connectivity index (χ1n) is 13.3. The topological polar surface area (TPSA) is 0 Å². The monoisotopic (exact) mass is 516 g/mol. The second-order valence-corrected chi connectivity index (χ2v) is 12.5. The van der Waals surface area contributed by atoms with Crippen LogP contribution in [0.2, 0.25) is 0 Å². The maximum atomic E-state index is 3.55. The maximum Gasteiger partial charge on any atom is 0.0272 e. The molecule has 0 saturated heterocycles. The minimum absolute atomic E-state index is 0.243. The van der Waals surface area contributed by atoms with Crippen molar-refractivity contribution in [3.05, 3.63) is 107 Å². The molecule has 0 aromatic heterocycles. The smallest absolute Gasteiger partial charge is 0.0272 e. The SMILES string of the molecule is Brc1ccc(-c2ccc(-c3ccc4c(c3)C3(c5ccccc5-4)C4CC5CC(C4)CC3C5)cc2)cc1. The van der Waals surface area contributed by atoms with Crippen molar-refractivity contribution in [2.75, 3.05) is 0 Å². The van der Waals surface area contributed by atoms with E-state index in [1.165, 1.54) is 65.5 Å². The van der Waals surface area contributed by atoms with Gasteiger partial charge in [0.25, 0.3) is 0 Å². The van der Waals surface area contributed by atoms with E-state index in [9.17, 15) is 0 Å². The zero-order valence-corrected chi connectivity index (χ0v) is 21.5. The molecule has 35 heavy (non-hydrogen) atoms. The third kappa shape index (κ3) is 2.85. The average molecular weight is 518 g/mol. The van der Waals surface area contributed by atoms with Crippen molar-refractivity contribution in [2.45, 2.75) is 37.5 Å². The van der Waals surface area contributed by atoms with Crippen LogP contribution < -0.4 is 0 Å². The van der Waals surface area contributed by atoms with Gasteiger partial charge in [0.15, 0.2) is 0 Å². The van der Waals surface area contributed by atoms with Crippen molar-refractivity contribution in [1.82, 2.24) is 0 Å². The summed E-state index contributed by atoms with van der Waals surface area (Å²) in [4.78, 5) is 0. The van der Waals surface area contributed by atoms with Crippen molar-refractivity contribution < 1.29 is 0 Å². The number of halogens is 1. The fourth-order valence-corrected chi connectivity index (χ4v) is 9.09. The molecule has 4 aromatic rings. The summed E-state index contributed by atoms with van der Waals surface area (Å²) in [5.41, 5.74) is 11.8. The van der Waals surface area contributed by atoms with Gasteiger partial charge in [-0.2, -0.15) is 0 Å². The van der Waals surface area contributed by atoms with Crippen LogP contribution in [0, 0.1) is 23.7 Å². The summed E-state index contributed by atoms with van der Waals surface area (Å²) in [7, 11) is 0. The lowest BCUT2D eigenvalue weighted by Crippen LogP contribution is -2.55. The van der Waals surface area contributed by atoms with Gasteiger partial charge in [-0.1, -0.05) is 88.7 Å². The van der Waals surface area contributed by atoms with Gasteiger partial charge in [-0.3, -0.25) is 0 Å². The molecule has 5 aliphatic carbocycles. The zero-order valence-electron chi connectivity index (χ0n) is 19.9. The van der Waals surface area contributed by atoms with Crippen molar-refractivity contribution >= 4 is 15.9 Å². The van der Waals surface area contributed by atoms with E-state index in [1.807, 2.05) is 0 Å². The van der Waals surface area contributed by atoms with Crippen LogP contribution in [-0.2, 0) is 5.41 Å². The third-order valence-corrected chi connectivity index (χ3v) is 10.5. The molecule has 0 atom stereocenters. The van der Waals surface area contributed by atoms with Gasteiger partial charge in [-0.25, -0.2) is 0 Å². The number of benzene rings is 4. The largest absolute Gasteiger partial charge is 0.0619 e. The van der Waals surface area contributed by atoms with Crippen molar-refractivity contribution in [1.29, 1.82) is 0 Å². The first-order valence-corrected chi connectivity index (χ1v) is 14.1. The van der Waals surface area contributed by atoms with E-state index in [4.69, 9.17) is 0 Å². The molecule has 9 rings (SSSR count). The van der Waals surface area contributed by atoms with Gasteiger partial charge in [-0.05, 0) is 118 Å². The van der Waals surface area contributed by atoms with Gasteiger partial charge >= 0.3 is 0 Å². The van der Waals surface area contributed by atoms with Gasteiger partial charge in [-0.15, -0.1) is 0 Å². The fraction of sp³-hybridized carbons (Fsp3) is 0.294. The molecule has 0 nitrogen and oxygen atoms in total. The summed E-state index contributed by atoms with van der Waals surface area (Å²) in [5, 5.41) is 0. The molecule has 4 bridgehead atoms. The Morgan fingerprint density at radius 3 is 1.69 bits per heavy atom. The Morgan fingerprint density at radius 2 is 1.03 bits per heavy atom. The molecule has 0 unspecified atom stereocenters. The van der Waals surface area contributed by atoms with Crippen molar-refractivity contribution in [3.63, 3.8) is 0 Å². The molecule has 1 heteroatoms. The second kappa shape index (κ2) is 7.43. The number of hydrogen-bond acceptors (Lipinski definition) is 0. The average Bonchev–Trinajstić information content (AvgIpc) is 3.18. The van der Waals surface area contributed by atoms with Gasteiger partial charge in [0.05, 0.1) is 0 Å². The van der Waals surface area contributed by atoms with Crippen molar-refractivity contribution in [2.24, 2.45) is 23.7 Å². The first kappa shape index (κ1) is 20.5. The van der Waals surface area contributed by atoms with Crippen LogP contribution >= 0.6 is 15.9 Å². The van der Waals surface area contributed by atoms with Crippen LogP contribution in [0.15, 0.2) is 95.5 Å². The van der Waals surface area contributed by atoms with E-state index in [2.05, 4.69) is 107 Å². The molecule has 4 aromatic carbocycles. The number of fused-ring (bicyclic) bond motifs is 3. The van der Waals surface area contributed by atoms with Crippen LogP contribution in [0.1, 0.15) is 43.2 Å². The highest BCUT2D eigenvalue weighted by Gasteiger charge is 2.61. The normalized spacial score (nSPS) is 29.4. The molecular formula is C34H29Br. The minimum atomic E-state index is 0.243. The van der Waals surface area contributed by atoms with E-state index in [-0.39, 0.29) is 5.41 Å². The lowest BCUT2D eigenvalue weighted by molar-refractivity contribution is -0.0399. The van der Waals surface area contributed by atoms with Crippen molar-refractivity contribution in [3.8, 4) is 33.4 Å². The predicted molar refractivity (Wildman–Crippen MR) is 148 cm³/mol. The zero-order chi connectivity index (χ0) is 23.1. The van der Waals surface area contributed by atoms with Crippen LogP contribution in [0.5, 0.6) is 0 Å². The van der Waals surface area contributed by atoms with Gasteiger partial charge in [0.1, 0.15) is 0 Å². The van der Waals surface area contributed by atoms with E-state index < -0.39 is 0 Å². The van der Waals surface area contributed by atoms with Crippen LogP contribution in [-0.4, -0.2) is 0 Å². The minimum Gasteiger partial charge on any atom is -0.0619 e. The summed E-state index contributed by atoms with van der Waals surface area (Å²) >= 11 is 3.55. The predicted octanol–water partition coefficient (Wildman–Crippen LogP) is 9.51. The molecule has 4 saturated carbocycles. The van der Waals surface area contributed by atoms with E-state index >= 15 is 0 Å². The second-order valence-electron chi connectivity index (χ2n) is 11.6. The van der Waals surface area contributed by atoms with Crippen LogP contribution in [0.3, 0.4) is 0 Å². The quantitative estimate of drug-likeness (QED) is 0.248. The summed E-state index contributed by atoms with van der Waals surface area (Å²) in [5.74, 6) is 3.59. The standard InChI is InChI=1S/C34H29Br/c35-29-12-9-24(10-13-29)23-5-7-25(8-6-23)26-11-14-31-30-3-1-2-4-32(30)34(33(31)20-26)27-16-21-15-22(18-27)19-28(34)17-21/h1-14,20-22,27-28H,15-19H2. The Hall–Kier alpha value is -2.64. The molecule has 0 N–H and O–H groups in total. The molecule has 0 amide bonds. The summed E-state index contributed by atoms with van der Waals surface area (Å²) < 4.78 is 1.12. The summed E-state index contributed by atoms with van der Waals surface area (Å²) in [6.45, 7) is 0. The highest BCUT2D eigenvalue weighted by molar-refractivity contribution is 9.10. The van der Waals surface area contributed by atoms with Gasteiger partial charge in [0.2, 0.25) is 0 Å². The molecule has 5 aliphatic rings. The van der Waals surface area contributed by atoms with Gasteiger partial charge in [0, 0.05) is 9.89 Å². The number of hydrogen-bond donors (Lipinski definition) is 0.